The molecule has 1 N–H and O–H groups in total. The summed E-state index contributed by atoms with van der Waals surface area (Å²) < 4.78 is 5.45. The molecule has 150 valence electrons. The predicted molar refractivity (Wildman–Crippen MR) is 108 cm³/mol. The molecule has 4 rings (SSSR count). The van der Waals surface area contributed by atoms with Gasteiger partial charge in [0.15, 0.2) is 0 Å². The number of hydrogen-bond acceptors (Lipinski definition) is 7. The van der Waals surface area contributed by atoms with Gasteiger partial charge in [0, 0.05) is 43.4 Å². The summed E-state index contributed by atoms with van der Waals surface area (Å²) in [5.41, 5.74) is 3.16. The van der Waals surface area contributed by atoms with E-state index in [1.807, 2.05) is 0 Å². The zero-order valence-corrected chi connectivity index (χ0v) is 16.2. The molecule has 0 spiro atoms. The van der Waals surface area contributed by atoms with Gasteiger partial charge in [0.05, 0.1) is 11.5 Å². The SMILES string of the molecule is CCc1ccc(C2CNCCN2Cc2nc(-c3cccc([N+](=O)[O-])c3)no2)cc1. The molecule has 0 radical (unpaired) electrons. The van der Waals surface area contributed by atoms with Crippen LogP contribution < -0.4 is 5.32 Å². The predicted octanol–water partition coefficient (Wildman–Crippen LogP) is 3.35. The van der Waals surface area contributed by atoms with Crippen molar-refractivity contribution in [1.82, 2.24) is 20.4 Å². The van der Waals surface area contributed by atoms with Crippen LogP contribution in [0.15, 0.2) is 53.1 Å². The minimum atomic E-state index is -0.431. The first kappa shape index (κ1) is 19.2. The van der Waals surface area contributed by atoms with Crippen molar-refractivity contribution in [2.45, 2.75) is 25.9 Å². The van der Waals surface area contributed by atoms with Crippen molar-refractivity contribution < 1.29 is 9.45 Å². The van der Waals surface area contributed by atoms with Crippen LogP contribution in [0.25, 0.3) is 11.4 Å². The molecular formula is C21H23N5O3. The lowest BCUT2D eigenvalue weighted by atomic mass is 10.0. The van der Waals surface area contributed by atoms with Gasteiger partial charge in [-0.15, -0.1) is 0 Å². The monoisotopic (exact) mass is 393 g/mol. The van der Waals surface area contributed by atoms with Gasteiger partial charge in [0.2, 0.25) is 11.7 Å². The molecular weight excluding hydrogens is 370 g/mol. The van der Waals surface area contributed by atoms with Gasteiger partial charge in [-0.2, -0.15) is 4.98 Å². The number of nitro benzene ring substituents is 1. The highest BCUT2D eigenvalue weighted by Gasteiger charge is 2.25. The van der Waals surface area contributed by atoms with Gasteiger partial charge in [-0.3, -0.25) is 15.0 Å². The molecule has 29 heavy (non-hydrogen) atoms. The number of non-ortho nitro benzene ring substituents is 1. The van der Waals surface area contributed by atoms with Gasteiger partial charge < -0.3 is 9.84 Å². The third kappa shape index (κ3) is 4.33. The average molecular weight is 393 g/mol. The second-order valence-electron chi connectivity index (χ2n) is 7.10. The minimum absolute atomic E-state index is 0.00606. The third-order valence-corrected chi connectivity index (χ3v) is 5.25. The second-order valence-corrected chi connectivity index (χ2v) is 7.10. The first-order chi connectivity index (χ1) is 14.1. The van der Waals surface area contributed by atoms with Crippen molar-refractivity contribution in [3.05, 3.63) is 75.7 Å². The molecule has 0 bridgehead atoms. The van der Waals surface area contributed by atoms with Gasteiger partial charge >= 0.3 is 0 Å². The van der Waals surface area contributed by atoms with Crippen LogP contribution in [0.1, 0.15) is 30.0 Å². The Balaban J connectivity index is 1.52. The Morgan fingerprint density at radius 3 is 2.86 bits per heavy atom. The number of aromatic nitrogens is 2. The largest absolute Gasteiger partial charge is 0.338 e. The number of piperazine rings is 1. The number of nitro groups is 1. The Kier molecular flexibility index (Phi) is 5.64. The number of nitrogens with zero attached hydrogens (tertiary/aromatic N) is 4. The molecule has 3 aromatic rings. The van der Waals surface area contributed by atoms with E-state index in [0.717, 1.165) is 26.1 Å². The fourth-order valence-electron chi connectivity index (χ4n) is 3.61. The zero-order valence-electron chi connectivity index (χ0n) is 16.2. The van der Waals surface area contributed by atoms with Crippen LogP contribution >= 0.6 is 0 Å². The van der Waals surface area contributed by atoms with Crippen LogP contribution in [-0.2, 0) is 13.0 Å². The summed E-state index contributed by atoms with van der Waals surface area (Å²) in [6, 6.07) is 15.2. The summed E-state index contributed by atoms with van der Waals surface area (Å²) in [4.78, 5) is 17.4. The number of aryl methyl sites for hydroxylation is 1. The van der Waals surface area contributed by atoms with Crippen molar-refractivity contribution in [3.8, 4) is 11.4 Å². The summed E-state index contributed by atoms with van der Waals surface area (Å²) in [5, 5.41) is 18.5. The number of hydrogen-bond donors (Lipinski definition) is 1. The number of nitrogens with one attached hydrogen (secondary N) is 1. The molecule has 8 heteroatoms. The Labute approximate surface area is 168 Å². The van der Waals surface area contributed by atoms with Crippen LogP contribution in [0, 0.1) is 10.1 Å². The van der Waals surface area contributed by atoms with Crippen molar-refractivity contribution in [1.29, 1.82) is 0 Å². The molecule has 1 aromatic heterocycles. The molecule has 1 saturated heterocycles. The van der Waals surface area contributed by atoms with Gasteiger partial charge in [0.1, 0.15) is 0 Å². The van der Waals surface area contributed by atoms with E-state index in [0.29, 0.717) is 23.8 Å². The Morgan fingerprint density at radius 1 is 1.28 bits per heavy atom. The van der Waals surface area contributed by atoms with Crippen LogP contribution in [0.2, 0.25) is 0 Å². The molecule has 1 aliphatic heterocycles. The highest BCUT2D eigenvalue weighted by Crippen LogP contribution is 2.26. The van der Waals surface area contributed by atoms with Crippen LogP contribution in [0.3, 0.4) is 0 Å². The van der Waals surface area contributed by atoms with Gasteiger partial charge in [-0.25, -0.2) is 0 Å². The summed E-state index contributed by atoms with van der Waals surface area (Å²) in [7, 11) is 0. The molecule has 1 fully saturated rings. The fraction of sp³-hybridized carbons (Fsp3) is 0.333. The van der Waals surface area contributed by atoms with Crippen molar-refractivity contribution in [3.63, 3.8) is 0 Å². The smallest absolute Gasteiger partial charge is 0.270 e. The van der Waals surface area contributed by atoms with Crippen LogP contribution in [0.5, 0.6) is 0 Å². The Bertz CT molecular complexity index is 986. The zero-order chi connectivity index (χ0) is 20.2. The quantitative estimate of drug-likeness (QED) is 0.506. The summed E-state index contributed by atoms with van der Waals surface area (Å²) in [6.45, 7) is 5.31. The van der Waals surface area contributed by atoms with E-state index in [2.05, 4.69) is 51.5 Å². The normalized spacial score (nSPS) is 17.3. The second kappa shape index (κ2) is 8.50. The lowest BCUT2D eigenvalue weighted by Gasteiger charge is -2.35. The highest BCUT2D eigenvalue weighted by atomic mass is 16.6. The van der Waals surface area contributed by atoms with E-state index in [1.165, 1.54) is 23.3 Å². The maximum atomic E-state index is 11.0. The maximum absolute atomic E-state index is 11.0. The van der Waals surface area contributed by atoms with Crippen LogP contribution in [0.4, 0.5) is 5.69 Å². The molecule has 1 atom stereocenters. The van der Waals surface area contributed by atoms with E-state index in [4.69, 9.17) is 4.52 Å². The molecule has 0 saturated carbocycles. The molecule has 0 aliphatic carbocycles. The van der Waals surface area contributed by atoms with E-state index in [-0.39, 0.29) is 11.7 Å². The maximum Gasteiger partial charge on any atom is 0.270 e. The van der Waals surface area contributed by atoms with Gasteiger partial charge in [-0.05, 0) is 17.5 Å². The molecule has 1 unspecified atom stereocenters. The van der Waals surface area contributed by atoms with Gasteiger partial charge in [0.25, 0.3) is 5.69 Å². The van der Waals surface area contributed by atoms with Crippen molar-refractivity contribution >= 4 is 5.69 Å². The van der Waals surface area contributed by atoms with E-state index in [9.17, 15) is 10.1 Å². The Morgan fingerprint density at radius 2 is 2.10 bits per heavy atom. The lowest BCUT2D eigenvalue weighted by Crippen LogP contribution is -2.45. The van der Waals surface area contributed by atoms with Crippen molar-refractivity contribution in [2.75, 3.05) is 19.6 Å². The molecule has 1 aliphatic rings. The summed E-state index contributed by atoms with van der Waals surface area (Å²) in [6.07, 6.45) is 1.02. The minimum Gasteiger partial charge on any atom is -0.338 e. The first-order valence-corrected chi connectivity index (χ1v) is 9.75. The first-order valence-electron chi connectivity index (χ1n) is 9.75. The molecule has 2 heterocycles. The molecule has 8 nitrogen and oxygen atoms in total. The molecule has 0 amide bonds. The van der Waals surface area contributed by atoms with Crippen molar-refractivity contribution in [2.24, 2.45) is 0 Å². The van der Waals surface area contributed by atoms with Crippen LogP contribution in [-0.4, -0.2) is 39.6 Å². The summed E-state index contributed by atoms with van der Waals surface area (Å²) in [5.74, 6) is 0.867. The Hall–Kier alpha value is -3.10. The number of benzene rings is 2. The topological polar surface area (TPSA) is 97.3 Å². The molecule has 2 aromatic carbocycles. The highest BCUT2D eigenvalue weighted by molar-refractivity contribution is 5.58. The summed E-state index contributed by atoms with van der Waals surface area (Å²) >= 11 is 0. The van der Waals surface area contributed by atoms with E-state index < -0.39 is 4.92 Å². The lowest BCUT2D eigenvalue weighted by molar-refractivity contribution is -0.384. The van der Waals surface area contributed by atoms with E-state index in [1.54, 1.807) is 12.1 Å². The average Bonchev–Trinajstić information content (AvgIpc) is 3.23. The number of rotatable bonds is 6. The van der Waals surface area contributed by atoms with Gasteiger partial charge in [-0.1, -0.05) is 48.5 Å². The fourth-order valence-corrected chi connectivity index (χ4v) is 3.61. The standard InChI is InChI=1S/C21H23N5O3/c1-2-15-6-8-16(9-7-15)19-13-22-10-11-25(19)14-20-23-21(24-29-20)17-4-3-5-18(12-17)26(27)28/h3-9,12,19,22H,2,10-11,13-14H2,1H3. The van der Waals surface area contributed by atoms with E-state index >= 15 is 0 Å². The third-order valence-electron chi connectivity index (χ3n) is 5.25.